The van der Waals surface area contributed by atoms with Crippen molar-refractivity contribution < 1.29 is 18.0 Å². The molecule has 232 valence electrons. The Balaban J connectivity index is 1.52. The van der Waals surface area contributed by atoms with E-state index in [1.165, 1.54) is 40.3 Å². The van der Waals surface area contributed by atoms with Crippen LogP contribution >= 0.6 is 11.8 Å². The summed E-state index contributed by atoms with van der Waals surface area (Å²) in [5.41, 5.74) is 5.99. The van der Waals surface area contributed by atoms with Crippen molar-refractivity contribution in [2.75, 3.05) is 24.2 Å². The number of aryl methyl sites for hydroxylation is 4. The number of nitrogens with one attached hydrogen (secondary N) is 2. The molecule has 2 amide bonds. The second-order valence-electron chi connectivity index (χ2n) is 10.5. The van der Waals surface area contributed by atoms with Crippen LogP contribution in [0.15, 0.2) is 70.7 Å². The Morgan fingerprint density at radius 3 is 2.16 bits per heavy atom. The fourth-order valence-electron chi connectivity index (χ4n) is 4.65. The van der Waals surface area contributed by atoms with E-state index in [0.717, 1.165) is 33.6 Å². The third kappa shape index (κ3) is 7.55. The van der Waals surface area contributed by atoms with Crippen LogP contribution < -0.4 is 10.6 Å². The number of hydrogen-bond donors (Lipinski definition) is 2. The van der Waals surface area contributed by atoms with Crippen molar-refractivity contribution in [1.82, 2.24) is 24.4 Å². The molecule has 0 atom stereocenters. The maximum absolute atomic E-state index is 13.1. The monoisotopic (exact) mass is 634 g/mol. The lowest BCUT2D eigenvalue weighted by Crippen LogP contribution is -2.30. The van der Waals surface area contributed by atoms with Crippen LogP contribution in [-0.2, 0) is 21.4 Å². The summed E-state index contributed by atoms with van der Waals surface area (Å²) in [6.45, 7) is 12.2. The Morgan fingerprint density at radius 2 is 1.50 bits per heavy atom. The molecule has 0 aliphatic rings. The minimum Gasteiger partial charge on any atom is -0.345 e. The summed E-state index contributed by atoms with van der Waals surface area (Å²) < 4.78 is 28.8. The molecule has 4 aromatic rings. The summed E-state index contributed by atoms with van der Waals surface area (Å²) in [4.78, 5) is 26.1. The predicted octanol–water partition coefficient (Wildman–Crippen LogP) is 5.19. The van der Waals surface area contributed by atoms with E-state index in [4.69, 9.17) is 0 Å². The van der Waals surface area contributed by atoms with Gasteiger partial charge in [0, 0.05) is 24.3 Å². The van der Waals surface area contributed by atoms with E-state index in [2.05, 4.69) is 20.8 Å². The quantitative estimate of drug-likeness (QED) is 0.205. The van der Waals surface area contributed by atoms with Gasteiger partial charge >= 0.3 is 0 Å². The van der Waals surface area contributed by atoms with Gasteiger partial charge in [-0.15, -0.1) is 10.2 Å². The number of thioether (sulfide) groups is 1. The molecule has 1 aromatic heterocycles. The van der Waals surface area contributed by atoms with Gasteiger partial charge in [-0.2, -0.15) is 4.31 Å². The molecule has 12 heteroatoms. The molecule has 0 aliphatic carbocycles. The van der Waals surface area contributed by atoms with Gasteiger partial charge in [0.25, 0.3) is 5.91 Å². The lowest BCUT2D eigenvalue weighted by molar-refractivity contribution is -0.113. The van der Waals surface area contributed by atoms with Crippen LogP contribution in [0.25, 0.3) is 5.69 Å². The van der Waals surface area contributed by atoms with E-state index in [-0.39, 0.29) is 29.0 Å². The average molecular weight is 635 g/mol. The number of benzene rings is 3. The molecule has 0 bridgehead atoms. The van der Waals surface area contributed by atoms with Crippen molar-refractivity contribution in [3.05, 3.63) is 94.3 Å². The van der Waals surface area contributed by atoms with Crippen LogP contribution in [0.5, 0.6) is 0 Å². The van der Waals surface area contributed by atoms with Gasteiger partial charge in [0.05, 0.1) is 22.9 Å². The normalized spacial score (nSPS) is 11.5. The number of anilines is 1. The average Bonchev–Trinajstić information content (AvgIpc) is 3.41. The van der Waals surface area contributed by atoms with Crippen LogP contribution in [0.2, 0.25) is 0 Å². The summed E-state index contributed by atoms with van der Waals surface area (Å²) in [6.07, 6.45) is 0. The van der Waals surface area contributed by atoms with Crippen molar-refractivity contribution in [2.45, 2.75) is 58.1 Å². The van der Waals surface area contributed by atoms with E-state index < -0.39 is 10.0 Å². The molecule has 0 radical (unpaired) electrons. The van der Waals surface area contributed by atoms with Gasteiger partial charge in [-0.1, -0.05) is 49.9 Å². The van der Waals surface area contributed by atoms with E-state index in [1.807, 2.05) is 68.7 Å². The SMILES string of the molecule is CCN(CC)S(=O)(=O)c1ccc(C(=O)NCc2nnc(SCC(=O)Nc3cc(C)ccc3C)n2-c2cc(C)ccc2C)cc1. The van der Waals surface area contributed by atoms with Crippen molar-refractivity contribution in [3.63, 3.8) is 0 Å². The van der Waals surface area contributed by atoms with Crippen LogP contribution in [0, 0.1) is 27.7 Å². The van der Waals surface area contributed by atoms with Crippen LogP contribution in [0.3, 0.4) is 0 Å². The molecule has 0 aliphatic heterocycles. The van der Waals surface area contributed by atoms with Gasteiger partial charge in [0.1, 0.15) is 0 Å². The minimum atomic E-state index is -3.62. The first-order valence-electron chi connectivity index (χ1n) is 14.3. The summed E-state index contributed by atoms with van der Waals surface area (Å²) in [5, 5.41) is 15.1. The first kappa shape index (κ1) is 32.9. The van der Waals surface area contributed by atoms with Gasteiger partial charge < -0.3 is 10.6 Å². The maximum atomic E-state index is 13.1. The highest BCUT2D eigenvalue weighted by molar-refractivity contribution is 7.99. The van der Waals surface area contributed by atoms with Crippen molar-refractivity contribution in [3.8, 4) is 5.69 Å². The van der Waals surface area contributed by atoms with E-state index in [9.17, 15) is 18.0 Å². The fraction of sp³-hybridized carbons (Fsp3) is 0.312. The summed E-state index contributed by atoms with van der Waals surface area (Å²) in [7, 11) is -3.62. The predicted molar refractivity (Wildman–Crippen MR) is 174 cm³/mol. The molecule has 2 N–H and O–H groups in total. The third-order valence-electron chi connectivity index (χ3n) is 7.17. The second-order valence-corrected chi connectivity index (χ2v) is 13.4. The summed E-state index contributed by atoms with van der Waals surface area (Å²) in [5.74, 6) is 0.0611. The molecule has 10 nitrogen and oxygen atoms in total. The highest BCUT2D eigenvalue weighted by Crippen LogP contribution is 2.26. The van der Waals surface area contributed by atoms with Crippen LogP contribution in [0.4, 0.5) is 5.69 Å². The minimum absolute atomic E-state index is 0.0634. The van der Waals surface area contributed by atoms with E-state index in [0.29, 0.717) is 29.6 Å². The first-order chi connectivity index (χ1) is 20.9. The van der Waals surface area contributed by atoms with Crippen LogP contribution in [-0.4, -0.2) is 58.1 Å². The lowest BCUT2D eigenvalue weighted by Gasteiger charge is -2.18. The lowest BCUT2D eigenvalue weighted by atomic mass is 10.1. The van der Waals surface area contributed by atoms with Gasteiger partial charge in [-0.05, 0) is 86.3 Å². The Morgan fingerprint density at radius 1 is 0.864 bits per heavy atom. The zero-order valence-corrected chi connectivity index (χ0v) is 27.5. The van der Waals surface area contributed by atoms with E-state index in [1.54, 1.807) is 13.8 Å². The van der Waals surface area contributed by atoms with Crippen molar-refractivity contribution in [1.29, 1.82) is 0 Å². The van der Waals surface area contributed by atoms with Gasteiger partial charge in [0.15, 0.2) is 11.0 Å². The number of carbonyl (C=O) groups is 2. The molecule has 1 heterocycles. The molecular weight excluding hydrogens is 597 g/mol. The number of rotatable bonds is 12. The molecule has 3 aromatic carbocycles. The second kappa shape index (κ2) is 14.2. The molecule has 44 heavy (non-hydrogen) atoms. The van der Waals surface area contributed by atoms with Crippen LogP contribution in [0.1, 0.15) is 52.3 Å². The molecular formula is C32H38N6O4S2. The molecule has 0 saturated carbocycles. The molecule has 0 unspecified atom stereocenters. The standard InChI is InChI=1S/C32H38N6O4S2/c1-7-37(8-2)44(41,42)26-15-13-25(14-16-26)31(40)33-19-29-35-36-32(38(29)28-18-22(4)10-12-24(28)6)43-20-30(39)34-27-17-21(3)9-11-23(27)5/h9-18H,7-8,19-20H2,1-6H3,(H,33,40)(H,34,39). The number of carbonyl (C=O) groups excluding carboxylic acids is 2. The zero-order valence-electron chi connectivity index (χ0n) is 25.8. The number of nitrogens with zero attached hydrogens (tertiary/aromatic N) is 4. The fourth-order valence-corrected chi connectivity index (χ4v) is 6.87. The Kier molecular flexibility index (Phi) is 10.6. The number of aromatic nitrogens is 3. The third-order valence-corrected chi connectivity index (χ3v) is 10.2. The van der Waals surface area contributed by atoms with E-state index >= 15 is 0 Å². The van der Waals surface area contributed by atoms with Crippen molar-refractivity contribution in [2.24, 2.45) is 0 Å². The Hall–Kier alpha value is -4.00. The van der Waals surface area contributed by atoms with Gasteiger partial charge in [0.2, 0.25) is 15.9 Å². The summed E-state index contributed by atoms with van der Waals surface area (Å²) >= 11 is 1.26. The topological polar surface area (TPSA) is 126 Å². The Bertz CT molecular complexity index is 1760. The molecule has 0 saturated heterocycles. The maximum Gasteiger partial charge on any atom is 0.251 e. The number of hydrogen-bond acceptors (Lipinski definition) is 7. The highest BCUT2D eigenvalue weighted by Gasteiger charge is 2.22. The van der Waals surface area contributed by atoms with Crippen molar-refractivity contribution >= 4 is 39.3 Å². The summed E-state index contributed by atoms with van der Waals surface area (Å²) in [6, 6.07) is 17.8. The zero-order chi connectivity index (χ0) is 32.0. The van der Waals surface area contributed by atoms with Gasteiger partial charge in [-0.3, -0.25) is 14.2 Å². The molecule has 0 spiro atoms. The molecule has 4 rings (SSSR count). The van der Waals surface area contributed by atoms with Gasteiger partial charge in [-0.25, -0.2) is 8.42 Å². The number of sulfonamides is 1. The smallest absolute Gasteiger partial charge is 0.251 e. The highest BCUT2D eigenvalue weighted by atomic mass is 32.2. The first-order valence-corrected chi connectivity index (χ1v) is 16.8. The number of amides is 2. The molecule has 0 fully saturated rings. The largest absolute Gasteiger partial charge is 0.345 e. The Labute approximate surface area is 263 Å².